The van der Waals surface area contributed by atoms with E-state index in [0.717, 1.165) is 13.0 Å². The van der Waals surface area contributed by atoms with Gasteiger partial charge in [-0.15, -0.1) is 12.4 Å². The van der Waals surface area contributed by atoms with Crippen molar-refractivity contribution in [3.05, 3.63) is 28.4 Å². The van der Waals surface area contributed by atoms with E-state index < -0.39 is 4.92 Å². The molecule has 0 aromatic carbocycles. The van der Waals surface area contributed by atoms with Crippen LogP contribution in [0.15, 0.2) is 18.3 Å². The topological polar surface area (TPSA) is 80.1 Å². The molecule has 1 aliphatic heterocycles. The van der Waals surface area contributed by atoms with E-state index in [-0.39, 0.29) is 18.1 Å². The Balaban J connectivity index is 0.00000162. The number of aromatic nitrogens is 1. The number of rotatable bonds is 4. The van der Waals surface area contributed by atoms with Crippen LogP contribution in [0.3, 0.4) is 0 Å². The van der Waals surface area contributed by atoms with Gasteiger partial charge in [0.25, 0.3) is 0 Å². The van der Waals surface area contributed by atoms with E-state index in [1.807, 2.05) is 0 Å². The molecule has 100 valence electrons. The summed E-state index contributed by atoms with van der Waals surface area (Å²) in [4.78, 5) is 14.4. The average molecular weight is 273 g/mol. The molecule has 0 bridgehead atoms. The zero-order valence-electron chi connectivity index (χ0n) is 9.96. The third-order valence-corrected chi connectivity index (χ3v) is 2.91. The molecule has 0 amide bonds. The van der Waals surface area contributed by atoms with E-state index in [1.165, 1.54) is 18.9 Å². The first-order chi connectivity index (χ1) is 8.27. The Labute approximate surface area is 112 Å². The van der Waals surface area contributed by atoms with Crippen molar-refractivity contribution in [1.29, 1.82) is 0 Å². The van der Waals surface area contributed by atoms with Gasteiger partial charge in [0, 0.05) is 24.8 Å². The number of piperidine rings is 1. The lowest BCUT2D eigenvalue weighted by molar-refractivity contribution is -0.384. The van der Waals surface area contributed by atoms with Gasteiger partial charge in [-0.3, -0.25) is 10.1 Å². The lowest BCUT2D eigenvalue weighted by Crippen LogP contribution is -2.39. The fraction of sp³-hybridized carbons (Fsp3) is 0.545. The molecule has 1 aromatic rings. The highest BCUT2D eigenvalue weighted by atomic mass is 35.5. The third-order valence-electron chi connectivity index (χ3n) is 2.91. The van der Waals surface area contributed by atoms with E-state index in [2.05, 4.69) is 15.6 Å². The molecule has 0 radical (unpaired) electrons. The smallest absolute Gasteiger partial charge is 0.311 e. The van der Waals surface area contributed by atoms with Crippen LogP contribution in [-0.4, -0.2) is 29.0 Å². The van der Waals surface area contributed by atoms with Crippen LogP contribution in [0.5, 0.6) is 0 Å². The van der Waals surface area contributed by atoms with Crippen LogP contribution in [0, 0.1) is 10.1 Å². The molecular weight excluding hydrogens is 256 g/mol. The maximum Gasteiger partial charge on any atom is 0.311 e. The van der Waals surface area contributed by atoms with Crippen molar-refractivity contribution < 1.29 is 4.92 Å². The van der Waals surface area contributed by atoms with E-state index in [1.54, 1.807) is 12.3 Å². The standard InChI is InChI=1S/C11H16N4O2.ClH/c16-15(17)10-5-3-7-13-11(10)14-8-9-4-1-2-6-12-9;/h3,5,7,9,12H,1-2,4,6,8H2,(H,13,14);1H. The summed E-state index contributed by atoms with van der Waals surface area (Å²) in [6.07, 6.45) is 5.08. The zero-order valence-corrected chi connectivity index (χ0v) is 10.8. The van der Waals surface area contributed by atoms with Crippen molar-refractivity contribution >= 4 is 23.9 Å². The largest absolute Gasteiger partial charge is 0.363 e. The van der Waals surface area contributed by atoms with E-state index in [4.69, 9.17) is 0 Å². The maximum absolute atomic E-state index is 10.8. The number of nitro groups is 1. The summed E-state index contributed by atoms with van der Waals surface area (Å²) in [7, 11) is 0. The Kier molecular flexibility index (Phi) is 5.80. The van der Waals surface area contributed by atoms with Crippen LogP contribution in [0.2, 0.25) is 0 Å². The predicted molar refractivity (Wildman–Crippen MR) is 72.3 cm³/mol. The summed E-state index contributed by atoms with van der Waals surface area (Å²) >= 11 is 0. The normalized spacial score (nSPS) is 18.8. The molecule has 0 spiro atoms. The molecule has 2 N–H and O–H groups in total. The van der Waals surface area contributed by atoms with Gasteiger partial charge in [0.05, 0.1) is 4.92 Å². The monoisotopic (exact) mass is 272 g/mol. The molecule has 2 heterocycles. The van der Waals surface area contributed by atoms with Crippen LogP contribution >= 0.6 is 12.4 Å². The van der Waals surface area contributed by atoms with Crippen molar-refractivity contribution in [2.24, 2.45) is 0 Å². The van der Waals surface area contributed by atoms with E-state index in [9.17, 15) is 10.1 Å². The van der Waals surface area contributed by atoms with Gasteiger partial charge in [-0.1, -0.05) is 6.42 Å². The first-order valence-electron chi connectivity index (χ1n) is 5.84. The number of nitrogens with zero attached hydrogens (tertiary/aromatic N) is 2. The highest BCUT2D eigenvalue weighted by molar-refractivity contribution is 5.85. The van der Waals surface area contributed by atoms with Crippen LogP contribution in [0.25, 0.3) is 0 Å². The van der Waals surface area contributed by atoms with Crippen LogP contribution in [0.4, 0.5) is 11.5 Å². The average Bonchev–Trinajstić information content (AvgIpc) is 2.38. The molecule has 7 heteroatoms. The quantitative estimate of drug-likeness (QED) is 0.647. The summed E-state index contributed by atoms with van der Waals surface area (Å²) in [5.74, 6) is 0.352. The Hall–Kier alpha value is -1.40. The van der Waals surface area contributed by atoms with E-state index >= 15 is 0 Å². The summed E-state index contributed by atoms with van der Waals surface area (Å²) in [6, 6.07) is 3.41. The second-order valence-electron chi connectivity index (χ2n) is 4.16. The minimum Gasteiger partial charge on any atom is -0.363 e. The van der Waals surface area contributed by atoms with Crippen molar-refractivity contribution in [3.8, 4) is 0 Å². The third kappa shape index (κ3) is 3.82. The number of nitrogens with one attached hydrogen (secondary N) is 2. The molecular formula is C11H17ClN4O2. The van der Waals surface area contributed by atoms with Gasteiger partial charge in [0.15, 0.2) is 0 Å². The van der Waals surface area contributed by atoms with Gasteiger partial charge < -0.3 is 10.6 Å². The van der Waals surface area contributed by atoms with Gasteiger partial charge in [-0.05, 0) is 25.5 Å². The summed E-state index contributed by atoms with van der Waals surface area (Å²) < 4.78 is 0. The van der Waals surface area contributed by atoms with Crippen molar-refractivity contribution in [1.82, 2.24) is 10.3 Å². The minimum atomic E-state index is -0.413. The zero-order chi connectivity index (χ0) is 12.1. The van der Waals surface area contributed by atoms with E-state index in [0.29, 0.717) is 18.4 Å². The molecule has 1 saturated heterocycles. The number of hydrogen-bond donors (Lipinski definition) is 2. The highest BCUT2D eigenvalue weighted by Crippen LogP contribution is 2.20. The second kappa shape index (κ2) is 7.13. The number of anilines is 1. The van der Waals surface area contributed by atoms with Crippen LogP contribution < -0.4 is 10.6 Å². The molecule has 18 heavy (non-hydrogen) atoms. The number of hydrogen-bond acceptors (Lipinski definition) is 5. The first kappa shape index (κ1) is 14.7. The highest BCUT2D eigenvalue weighted by Gasteiger charge is 2.16. The number of pyridine rings is 1. The molecule has 0 saturated carbocycles. The Morgan fingerprint density at radius 2 is 2.39 bits per heavy atom. The molecule has 1 fully saturated rings. The fourth-order valence-corrected chi connectivity index (χ4v) is 2.00. The van der Waals surface area contributed by atoms with Crippen LogP contribution in [-0.2, 0) is 0 Å². The maximum atomic E-state index is 10.8. The molecule has 1 atom stereocenters. The van der Waals surface area contributed by atoms with Gasteiger partial charge in [0.1, 0.15) is 0 Å². The fourth-order valence-electron chi connectivity index (χ4n) is 2.00. The summed E-state index contributed by atoms with van der Waals surface area (Å²) in [5.41, 5.74) is 0.0308. The molecule has 0 aliphatic carbocycles. The molecule has 1 aliphatic rings. The molecule has 1 unspecified atom stereocenters. The Morgan fingerprint density at radius 1 is 1.56 bits per heavy atom. The van der Waals surface area contributed by atoms with Gasteiger partial charge in [-0.25, -0.2) is 4.98 Å². The molecule has 6 nitrogen and oxygen atoms in total. The van der Waals surface area contributed by atoms with Crippen LogP contribution in [0.1, 0.15) is 19.3 Å². The lowest BCUT2D eigenvalue weighted by atomic mass is 10.1. The van der Waals surface area contributed by atoms with Gasteiger partial charge in [-0.2, -0.15) is 0 Å². The van der Waals surface area contributed by atoms with Crippen molar-refractivity contribution in [2.75, 3.05) is 18.4 Å². The Bertz CT molecular complexity index is 396. The van der Waals surface area contributed by atoms with Gasteiger partial charge >= 0.3 is 5.69 Å². The lowest BCUT2D eigenvalue weighted by Gasteiger charge is -2.23. The molecule has 2 rings (SSSR count). The SMILES string of the molecule is Cl.O=[N+]([O-])c1cccnc1NCC1CCCCN1. The van der Waals surface area contributed by atoms with Crippen molar-refractivity contribution in [3.63, 3.8) is 0 Å². The summed E-state index contributed by atoms with van der Waals surface area (Å²) in [6.45, 7) is 1.70. The second-order valence-corrected chi connectivity index (χ2v) is 4.16. The first-order valence-corrected chi connectivity index (χ1v) is 5.84. The minimum absolute atomic E-state index is 0. The predicted octanol–water partition coefficient (Wildman–Crippen LogP) is 1.97. The van der Waals surface area contributed by atoms with Crippen molar-refractivity contribution in [2.45, 2.75) is 25.3 Å². The summed E-state index contributed by atoms with van der Waals surface area (Å²) in [5, 5.41) is 17.2. The van der Waals surface area contributed by atoms with Gasteiger partial charge in [0.2, 0.25) is 5.82 Å². The molecule has 1 aromatic heterocycles. The Morgan fingerprint density at radius 3 is 3.06 bits per heavy atom. The number of halogens is 1.